The number of thioether (sulfide) groups is 1. The average molecular weight is 430 g/mol. The minimum atomic E-state index is 0.757. The molecule has 1 saturated heterocycles. The highest BCUT2D eigenvalue weighted by Crippen LogP contribution is 2.48. The quantitative estimate of drug-likeness (QED) is 0.396. The number of para-hydroxylation sites is 1. The molecule has 0 aliphatic carbocycles. The van der Waals surface area contributed by atoms with E-state index in [1.807, 2.05) is 18.2 Å². The van der Waals surface area contributed by atoms with E-state index in [2.05, 4.69) is 65.6 Å². The van der Waals surface area contributed by atoms with Crippen molar-refractivity contribution in [2.45, 2.75) is 24.2 Å². The van der Waals surface area contributed by atoms with Crippen molar-refractivity contribution in [3.05, 3.63) is 90.0 Å². The van der Waals surface area contributed by atoms with Crippen LogP contribution in [-0.2, 0) is 0 Å². The summed E-state index contributed by atoms with van der Waals surface area (Å²) in [5.41, 5.74) is 2.23. The molecular weight excluding hydrogens is 402 g/mol. The minimum Gasteiger partial charge on any atom is -0.494 e. The van der Waals surface area contributed by atoms with E-state index in [4.69, 9.17) is 9.47 Å². The number of hydrogen-bond acceptors (Lipinski definition) is 4. The van der Waals surface area contributed by atoms with Crippen LogP contribution in [0.3, 0.4) is 0 Å². The molecule has 3 nitrogen and oxygen atoms in total. The lowest BCUT2D eigenvalue weighted by Crippen LogP contribution is -2.21. The second-order valence-electron chi connectivity index (χ2n) is 7.95. The first-order valence-electron chi connectivity index (χ1n) is 11.1. The first kappa shape index (κ1) is 20.2. The summed E-state index contributed by atoms with van der Waals surface area (Å²) in [6, 6.07) is 27.0. The van der Waals surface area contributed by atoms with Gasteiger partial charge in [0.2, 0.25) is 0 Å². The zero-order valence-electron chi connectivity index (χ0n) is 17.6. The van der Waals surface area contributed by atoms with E-state index < -0.39 is 0 Å². The average Bonchev–Trinajstić information content (AvgIpc) is 3.36. The molecule has 2 aliphatic heterocycles. The van der Waals surface area contributed by atoms with Crippen molar-refractivity contribution < 1.29 is 9.47 Å². The van der Waals surface area contributed by atoms with E-state index in [0.29, 0.717) is 0 Å². The Kier molecular flexibility index (Phi) is 6.28. The molecule has 3 aromatic rings. The summed E-state index contributed by atoms with van der Waals surface area (Å²) in [5, 5.41) is 0. The summed E-state index contributed by atoms with van der Waals surface area (Å²) in [6.45, 7) is 4.38. The van der Waals surface area contributed by atoms with Crippen LogP contribution in [0.2, 0.25) is 0 Å². The molecule has 0 saturated carbocycles. The molecule has 0 aromatic heterocycles. The van der Waals surface area contributed by atoms with Gasteiger partial charge in [-0.15, -0.1) is 0 Å². The molecule has 0 bridgehead atoms. The van der Waals surface area contributed by atoms with Gasteiger partial charge in [0, 0.05) is 12.1 Å². The van der Waals surface area contributed by atoms with Crippen LogP contribution >= 0.6 is 11.8 Å². The van der Waals surface area contributed by atoms with Crippen LogP contribution in [0.5, 0.6) is 11.5 Å². The van der Waals surface area contributed by atoms with E-state index in [0.717, 1.165) is 52.2 Å². The second kappa shape index (κ2) is 9.63. The van der Waals surface area contributed by atoms with Crippen molar-refractivity contribution in [1.82, 2.24) is 4.90 Å². The van der Waals surface area contributed by atoms with Gasteiger partial charge in [0.15, 0.2) is 0 Å². The number of benzene rings is 3. The van der Waals surface area contributed by atoms with Gasteiger partial charge in [0.05, 0.1) is 16.4 Å². The molecule has 1 fully saturated rings. The highest BCUT2D eigenvalue weighted by Gasteiger charge is 2.23. The van der Waals surface area contributed by atoms with E-state index in [-0.39, 0.29) is 0 Å². The predicted molar refractivity (Wildman–Crippen MR) is 128 cm³/mol. The van der Waals surface area contributed by atoms with Crippen molar-refractivity contribution in [2.24, 2.45) is 0 Å². The monoisotopic (exact) mass is 429 g/mol. The molecule has 31 heavy (non-hydrogen) atoms. The van der Waals surface area contributed by atoms with E-state index >= 15 is 0 Å². The topological polar surface area (TPSA) is 21.7 Å². The fraction of sp³-hybridized carbons (Fsp3) is 0.259. The third-order valence-corrected chi connectivity index (χ3v) is 6.90. The normalized spacial score (nSPS) is 16.1. The Labute approximate surface area is 188 Å². The van der Waals surface area contributed by atoms with Crippen LogP contribution in [0.25, 0.3) is 10.7 Å². The molecule has 158 valence electrons. The molecule has 2 aliphatic rings. The standard InChI is InChI=1S/C27H27NO2S/c1-2-9-22(10-3-1)27-26(30-24-11-4-5-12-25(24)31-27)21-13-15-23(16-14-21)29-20-8-19-28-17-6-7-18-28/h1-5,9-16H,6-8,17-20H2. The van der Waals surface area contributed by atoms with E-state index in [1.54, 1.807) is 11.8 Å². The molecule has 2 heterocycles. The Morgan fingerprint density at radius 3 is 2.35 bits per heavy atom. The van der Waals surface area contributed by atoms with E-state index in [1.165, 1.54) is 31.5 Å². The van der Waals surface area contributed by atoms with Crippen LogP contribution < -0.4 is 9.47 Å². The summed E-state index contributed by atoms with van der Waals surface area (Å²) >= 11 is 1.76. The lowest BCUT2D eigenvalue weighted by molar-refractivity contribution is 0.263. The van der Waals surface area contributed by atoms with Gasteiger partial charge in [-0.1, -0.05) is 54.2 Å². The minimum absolute atomic E-state index is 0.757. The Morgan fingerprint density at radius 2 is 1.55 bits per heavy atom. The summed E-state index contributed by atoms with van der Waals surface area (Å²) in [5.74, 6) is 2.72. The fourth-order valence-corrected chi connectivity index (χ4v) is 5.17. The first-order valence-corrected chi connectivity index (χ1v) is 11.9. The van der Waals surface area contributed by atoms with Gasteiger partial charge in [-0.3, -0.25) is 0 Å². The lowest BCUT2D eigenvalue weighted by atomic mass is 10.1. The summed E-state index contributed by atoms with van der Waals surface area (Å²) < 4.78 is 12.4. The number of rotatable bonds is 7. The molecular formula is C27H27NO2S. The maximum absolute atomic E-state index is 6.39. The van der Waals surface area contributed by atoms with Crippen molar-refractivity contribution >= 4 is 22.4 Å². The van der Waals surface area contributed by atoms with Gasteiger partial charge in [0.25, 0.3) is 0 Å². The van der Waals surface area contributed by atoms with Crippen molar-refractivity contribution in [1.29, 1.82) is 0 Å². The summed E-state index contributed by atoms with van der Waals surface area (Å²) in [4.78, 5) is 4.81. The Balaban J connectivity index is 1.32. The number of fused-ring (bicyclic) bond motifs is 1. The van der Waals surface area contributed by atoms with Gasteiger partial charge in [-0.05, 0) is 74.3 Å². The first-order chi connectivity index (χ1) is 15.4. The lowest BCUT2D eigenvalue weighted by Gasteiger charge is -2.23. The molecule has 0 amide bonds. The van der Waals surface area contributed by atoms with Crippen molar-refractivity contribution in [3.63, 3.8) is 0 Å². The third kappa shape index (κ3) is 4.81. The van der Waals surface area contributed by atoms with Crippen LogP contribution in [0.1, 0.15) is 30.4 Å². The van der Waals surface area contributed by atoms with E-state index in [9.17, 15) is 0 Å². The Morgan fingerprint density at radius 1 is 0.806 bits per heavy atom. The maximum Gasteiger partial charge on any atom is 0.149 e. The van der Waals surface area contributed by atoms with Crippen LogP contribution in [0.4, 0.5) is 0 Å². The molecule has 5 rings (SSSR count). The van der Waals surface area contributed by atoms with Crippen LogP contribution in [0.15, 0.2) is 83.8 Å². The second-order valence-corrected chi connectivity index (χ2v) is 9.00. The largest absolute Gasteiger partial charge is 0.494 e. The Hall–Kier alpha value is -2.69. The number of likely N-dealkylation sites (tertiary alicyclic amines) is 1. The van der Waals surface area contributed by atoms with Gasteiger partial charge >= 0.3 is 0 Å². The molecule has 4 heteroatoms. The summed E-state index contributed by atoms with van der Waals surface area (Å²) in [7, 11) is 0. The SMILES string of the molecule is c1ccc(C2=C(c3ccc(OCCCN4CCCC4)cc3)Oc3ccccc3S2)cc1. The molecule has 0 spiro atoms. The number of hydrogen-bond donors (Lipinski definition) is 0. The van der Waals surface area contributed by atoms with Gasteiger partial charge in [0.1, 0.15) is 17.3 Å². The maximum atomic E-state index is 6.39. The highest BCUT2D eigenvalue weighted by atomic mass is 32.2. The van der Waals surface area contributed by atoms with Crippen molar-refractivity contribution in [2.75, 3.05) is 26.2 Å². The van der Waals surface area contributed by atoms with Crippen LogP contribution in [-0.4, -0.2) is 31.1 Å². The van der Waals surface area contributed by atoms with Gasteiger partial charge in [-0.25, -0.2) is 0 Å². The molecule has 0 atom stereocenters. The molecule has 0 N–H and O–H groups in total. The molecule has 0 unspecified atom stereocenters. The molecule has 0 radical (unpaired) electrons. The zero-order chi connectivity index (χ0) is 20.9. The smallest absolute Gasteiger partial charge is 0.149 e. The zero-order valence-corrected chi connectivity index (χ0v) is 18.4. The third-order valence-electron chi connectivity index (χ3n) is 5.72. The van der Waals surface area contributed by atoms with Crippen LogP contribution in [0, 0.1) is 0 Å². The van der Waals surface area contributed by atoms with Crippen molar-refractivity contribution in [3.8, 4) is 11.5 Å². The highest BCUT2D eigenvalue weighted by molar-refractivity contribution is 8.08. The molecule has 3 aromatic carbocycles. The van der Waals surface area contributed by atoms with Gasteiger partial charge in [-0.2, -0.15) is 0 Å². The summed E-state index contributed by atoms with van der Waals surface area (Å²) in [6.07, 6.45) is 3.75. The number of ether oxygens (including phenoxy) is 2. The number of nitrogens with zero attached hydrogens (tertiary/aromatic N) is 1. The van der Waals surface area contributed by atoms with Gasteiger partial charge < -0.3 is 14.4 Å². The Bertz CT molecular complexity index is 1040. The fourth-order valence-electron chi connectivity index (χ4n) is 4.09. The predicted octanol–water partition coefficient (Wildman–Crippen LogP) is 6.56.